The number of rotatable bonds is 4. The number of ether oxygens (including phenoxy) is 1. The summed E-state index contributed by atoms with van der Waals surface area (Å²) in [5.74, 6) is 1.39. The highest BCUT2D eigenvalue weighted by Crippen LogP contribution is 2.23. The Morgan fingerprint density at radius 2 is 1.91 bits per heavy atom. The molecule has 0 spiro atoms. The molecule has 1 fully saturated rings. The van der Waals surface area contributed by atoms with Crippen molar-refractivity contribution >= 4 is 6.29 Å². The lowest BCUT2D eigenvalue weighted by Crippen LogP contribution is -2.12. The van der Waals surface area contributed by atoms with E-state index in [1.54, 1.807) is 14.2 Å². The molecule has 2 atom stereocenters. The van der Waals surface area contributed by atoms with Gasteiger partial charge in [-0.1, -0.05) is 39.3 Å². The number of aromatic nitrogens is 1. The summed E-state index contributed by atoms with van der Waals surface area (Å²) >= 11 is 0. The van der Waals surface area contributed by atoms with Crippen LogP contribution in [0.1, 0.15) is 57.4 Å². The van der Waals surface area contributed by atoms with Crippen molar-refractivity contribution in [1.29, 1.82) is 10.5 Å². The fraction of sp³-hybridized carbons (Fsp3) is 0.500. The second kappa shape index (κ2) is 18.2. The van der Waals surface area contributed by atoms with Crippen LogP contribution in [0.3, 0.4) is 0 Å². The van der Waals surface area contributed by atoms with E-state index < -0.39 is 0 Å². The molecule has 0 saturated carbocycles. The lowest BCUT2D eigenvalue weighted by molar-refractivity contribution is -0.106. The molecule has 1 aromatic heterocycles. The number of likely N-dealkylation sites (tertiary alicyclic amines) is 1. The number of benzene rings is 1. The molecule has 2 heterocycles. The summed E-state index contributed by atoms with van der Waals surface area (Å²) in [6, 6.07) is 12.0. The molecule has 0 radical (unpaired) electrons. The topological polar surface area (TPSA) is 90.0 Å². The number of nitrogens with zero attached hydrogens (tertiary/aromatic N) is 4. The van der Waals surface area contributed by atoms with E-state index in [-0.39, 0.29) is 0 Å². The molecular weight excluding hydrogens is 424 g/mol. The summed E-state index contributed by atoms with van der Waals surface area (Å²) < 4.78 is 4.25. The van der Waals surface area contributed by atoms with Crippen LogP contribution in [0.5, 0.6) is 0 Å². The Morgan fingerprint density at radius 3 is 2.35 bits per heavy atom. The standard InChI is InChI=1S/C18H20N2.C6H10N2.C2H6O.C2H4O/c1-4-13(2)8-18-14(3)9-17(12-20-18)16-7-5-6-15(10-16)11-19;1-6-2-3-8(4-6)5-7;1-3-2;1-2-3/h5-7,9-10,12-13H,4,8H2,1-3H3;6H,2-4H2,1H3;1-2H3;2H,1H3. The third-order valence-electron chi connectivity index (χ3n) is 5.32. The number of hydrogen-bond acceptors (Lipinski definition) is 6. The normalized spacial score (nSPS) is 14.5. The van der Waals surface area contributed by atoms with Gasteiger partial charge in [-0.2, -0.15) is 10.5 Å². The van der Waals surface area contributed by atoms with Crippen LogP contribution >= 0.6 is 0 Å². The Hall–Kier alpha value is -3.22. The van der Waals surface area contributed by atoms with E-state index in [0.29, 0.717) is 11.5 Å². The third kappa shape index (κ3) is 12.1. The number of pyridine rings is 1. The first kappa shape index (κ1) is 30.8. The lowest BCUT2D eigenvalue weighted by Gasteiger charge is -2.11. The van der Waals surface area contributed by atoms with Crippen molar-refractivity contribution in [3.8, 4) is 23.4 Å². The first-order valence-corrected chi connectivity index (χ1v) is 11.7. The van der Waals surface area contributed by atoms with Crippen molar-refractivity contribution in [2.75, 3.05) is 27.3 Å². The SMILES string of the molecule is CC1CCN(C#N)C1.CC=O.CCC(C)Cc1ncc(-c2cccc(C#N)c2)cc1C.COC. The van der Waals surface area contributed by atoms with Crippen LogP contribution in [0.25, 0.3) is 11.1 Å². The predicted molar refractivity (Wildman–Crippen MR) is 138 cm³/mol. The zero-order valence-corrected chi connectivity index (χ0v) is 21.8. The molecule has 6 heteroatoms. The maximum absolute atomic E-state index is 8.97. The van der Waals surface area contributed by atoms with Gasteiger partial charge >= 0.3 is 0 Å². The average Bonchev–Trinajstić information content (AvgIpc) is 3.27. The molecule has 6 nitrogen and oxygen atoms in total. The second-order valence-corrected chi connectivity index (χ2v) is 8.48. The monoisotopic (exact) mass is 464 g/mol. The minimum Gasteiger partial charge on any atom is -0.388 e. The smallest absolute Gasteiger partial charge is 0.179 e. The van der Waals surface area contributed by atoms with Gasteiger partial charge in [0.25, 0.3) is 0 Å². The molecule has 184 valence electrons. The van der Waals surface area contributed by atoms with Crippen molar-refractivity contribution in [3.63, 3.8) is 0 Å². The summed E-state index contributed by atoms with van der Waals surface area (Å²) in [5.41, 5.74) is 5.22. The Bertz CT molecular complexity index is 931. The summed E-state index contributed by atoms with van der Waals surface area (Å²) in [6.07, 6.45) is 8.19. The predicted octanol–water partition coefficient (Wildman–Crippen LogP) is 5.79. The lowest BCUT2D eigenvalue weighted by atomic mass is 9.97. The van der Waals surface area contributed by atoms with Gasteiger partial charge in [0.1, 0.15) is 6.29 Å². The van der Waals surface area contributed by atoms with E-state index in [4.69, 9.17) is 15.3 Å². The summed E-state index contributed by atoms with van der Waals surface area (Å²) in [6.45, 7) is 12.1. The van der Waals surface area contributed by atoms with Gasteiger partial charge in [0.2, 0.25) is 0 Å². The highest BCUT2D eigenvalue weighted by molar-refractivity contribution is 5.65. The summed E-state index contributed by atoms with van der Waals surface area (Å²) in [4.78, 5) is 15.2. The van der Waals surface area contributed by atoms with Gasteiger partial charge in [-0.3, -0.25) is 4.98 Å². The molecule has 34 heavy (non-hydrogen) atoms. The molecule has 0 N–H and O–H groups in total. The van der Waals surface area contributed by atoms with E-state index >= 15 is 0 Å². The molecular formula is C28H40N4O2. The van der Waals surface area contributed by atoms with Crippen LogP contribution in [0.2, 0.25) is 0 Å². The molecule has 3 rings (SSSR count). The van der Waals surface area contributed by atoms with E-state index in [1.807, 2.05) is 35.4 Å². The van der Waals surface area contributed by atoms with Gasteiger partial charge in [0.15, 0.2) is 6.19 Å². The first-order chi connectivity index (χ1) is 16.3. The Labute approximate surface area is 206 Å². The van der Waals surface area contributed by atoms with Gasteiger partial charge in [0.05, 0.1) is 11.6 Å². The molecule has 1 aliphatic heterocycles. The molecule has 0 aliphatic carbocycles. The van der Waals surface area contributed by atoms with Crippen molar-refractivity contribution in [1.82, 2.24) is 9.88 Å². The largest absolute Gasteiger partial charge is 0.388 e. The van der Waals surface area contributed by atoms with E-state index in [9.17, 15) is 0 Å². The molecule has 0 amide bonds. The maximum Gasteiger partial charge on any atom is 0.179 e. The van der Waals surface area contributed by atoms with E-state index in [0.717, 1.165) is 42.8 Å². The van der Waals surface area contributed by atoms with Gasteiger partial charge in [-0.25, -0.2) is 0 Å². The minimum absolute atomic E-state index is 0.661. The van der Waals surface area contributed by atoms with Crippen LogP contribution in [0.4, 0.5) is 0 Å². The highest BCUT2D eigenvalue weighted by Gasteiger charge is 2.16. The highest BCUT2D eigenvalue weighted by atomic mass is 16.4. The first-order valence-electron chi connectivity index (χ1n) is 11.7. The van der Waals surface area contributed by atoms with Crippen molar-refractivity contribution in [2.45, 2.75) is 53.9 Å². The number of hydrogen-bond donors (Lipinski definition) is 0. The van der Waals surface area contributed by atoms with Crippen LogP contribution in [-0.4, -0.2) is 43.5 Å². The zero-order chi connectivity index (χ0) is 25.9. The molecule has 2 aromatic rings. The quantitative estimate of drug-likeness (QED) is 0.420. The Kier molecular flexibility index (Phi) is 16.5. The van der Waals surface area contributed by atoms with Crippen molar-refractivity contribution in [3.05, 3.63) is 53.3 Å². The number of carbonyl (C=O) groups is 1. The number of aldehydes is 1. The summed E-state index contributed by atoms with van der Waals surface area (Å²) in [7, 11) is 3.25. The number of nitriles is 2. The van der Waals surface area contributed by atoms with Gasteiger partial charge in [-0.05, 0) is 67.9 Å². The number of carbonyl (C=O) groups excluding carboxylic acids is 1. The van der Waals surface area contributed by atoms with Crippen LogP contribution in [-0.2, 0) is 16.0 Å². The van der Waals surface area contributed by atoms with Crippen LogP contribution in [0.15, 0.2) is 36.5 Å². The molecule has 0 bridgehead atoms. The number of aryl methyl sites for hydroxylation is 1. The van der Waals surface area contributed by atoms with E-state index in [2.05, 4.69) is 55.7 Å². The van der Waals surface area contributed by atoms with Crippen molar-refractivity contribution in [2.24, 2.45) is 11.8 Å². The number of methoxy groups -OCH3 is 1. The average molecular weight is 465 g/mol. The third-order valence-corrected chi connectivity index (χ3v) is 5.32. The maximum atomic E-state index is 8.97. The zero-order valence-electron chi connectivity index (χ0n) is 21.8. The Morgan fingerprint density at radius 1 is 1.26 bits per heavy atom. The van der Waals surface area contributed by atoms with Gasteiger partial charge in [-0.15, -0.1) is 0 Å². The second-order valence-electron chi connectivity index (χ2n) is 8.48. The van der Waals surface area contributed by atoms with Crippen LogP contribution in [0, 0.1) is 41.5 Å². The Balaban J connectivity index is 0.000000639. The fourth-order valence-electron chi connectivity index (χ4n) is 3.24. The molecule has 1 aromatic carbocycles. The van der Waals surface area contributed by atoms with Crippen LogP contribution < -0.4 is 0 Å². The minimum atomic E-state index is 0.661. The fourth-order valence-corrected chi connectivity index (χ4v) is 3.24. The molecule has 2 unspecified atom stereocenters. The van der Waals surface area contributed by atoms with Gasteiger partial charge < -0.3 is 14.4 Å². The van der Waals surface area contributed by atoms with E-state index in [1.165, 1.54) is 31.0 Å². The van der Waals surface area contributed by atoms with Crippen molar-refractivity contribution < 1.29 is 9.53 Å². The summed E-state index contributed by atoms with van der Waals surface area (Å²) in [5, 5.41) is 17.3. The molecule has 1 saturated heterocycles. The van der Waals surface area contributed by atoms with Gasteiger partial charge in [0, 0.05) is 44.8 Å². The molecule has 1 aliphatic rings.